The molecule has 0 saturated heterocycles. The molecule has 4 heterocycles. The van der Waals surface area contributed by atoms with Crippen LogP contribution in [0.1, 0.15) is 47.1 Å². The third kappa shape index (κ3) is 5.84. The molecule has 0 fully saturated rings. The highest BCUT2D eigenvalue weighted by atomic mass is 16.1. The van der Waals surface area contributed by atoms with Crippen molar-refractivity contribution < 1.29 is 9.59 Å². The van der Waals surface area contributed by atoms with Crippen LogP contribution >= 0.6 is 0 Å². The van der Waals surface area contributed by atoms with E-state index in [9.17, 15) is 14.4 Å². The van der Waals surface area contributed by atoms with E-state index < -0.39 is 0 Å². The van der Waals surface area contributed by atoms with Crippen molar-refractivity contribution in [1.29, 1.82) is 0 Å². The molecule has 39 heavy (non-hydrogen) atoms. The highest BCUT2D eigenvalue weighted by molar-refractivity contribution is 5.97. The molecule has 0 bridgehead atoms. The maximum Gasteiger partial charge on any atom is 0.276 e. The number of amidine groups is 1. The number of rotatable bonds is 10. The third-order valence-corrected chi connectivity index (χ3v) is 7.13. The summed E-state index contributed by atoms with van der Waals surface area (Å²) in [6, 6.07) is 5.51. The van der Waals surface area contributed by atoms with Crippen molar-refractivity contribution in [3.63, 3.8) is 0 Å². The predicted molar refractivity (Wildman–Crippen MR) is 154 cm³/mol. The number of amides is 1. The topological polar surface area (TPSA) is 128 Å². The smallest absolute Gasteiger partial charge is 0.276 e. The lowest BCUT2D eigenvalue weighted by Gasteiger charge is -2.22. The fourth-order valence-electron chi connectivity index (χ4n) is 5.07. The molecule has 204 valence electrons. The number of nitrogens with one attached hydrogen (secondary N) is 1. The molecule has 3 N–H and O–H groups in total. The van der Waals surface area contributed by atoms with Gasteiger partial charge in [-0.1, -0.05) is 0 Å². The molecular weight excluding hydrogens is 494 g/mol. The van der Waals surface area contributed by atoms with Crippen molar-refractivity contribution in [2.75, 3.05) is 18.5 Å². The van der Waals surface area contributed by atoms with Gasteiger partial charge in [-0.3, -0.25) is 19.3 Å². The Hall–Kier alpha value is -4.47. The minimum atomic E-state index is -0.334. The number of carbonyl (C=O) groups excluding carboxylic acids is 2. The second-order valence-corrected chi connectivity index (χ2v) is 9.78. The van der Waals surface area contributed by atoms with E-state index in [1.165, 1.54) is 32.8 Å². The Morgan fingerprint density at radius 1 is 1.28 bits per heavy atom. The number of aryl methyl sites for hydroxylation is 3. The summed E-state index contributed by atoms with van der Waals surface area (Å²) in [7, 11) is 3.37. The zero-order chi connectivity index (χ0) is 28.1. The minimum Gasteiger partial charge on any atom is -0.392 e. The van der Waals surface area contributed by atoms with Gasteiger partial charge in [0.05, 0.1) is 5.56 Å². The molecule has 1 aliphatic heterocycles. The van der Waals surface area contributed by atoms with Crippen LogP contribution in [0.15, 0.2) is 52.2 Å². The number of aromatic nitrogens is 3. The van der Waals surface area contributed by atoms with Gasteiger partial charge >= 0.3 is 0 Å². The number of fused-ring (bicyclic) bond motifs is 1. The van der Waals surface area contributed by atoms with E-state index in [0.29, 0.717) is 36.8 Å². The molecule has 0 aromatic carbocycles. The molecule has 0 radical (unpaired) electrons. The van der Waals surface area contributed by atoms with Crippen LogP contribution in [-0.4, -0.2) is 46.2 Å². The lowest BCUT2D eigenvalue weighted by atomic mass is 10.0. The van der Waals surface area contributed by atoms with Crippen molar-refractivity contribution in [3.05, 3.63) is 75.2 Å². The van der Waals surface area contributed by atoms with Gasteiger partial charge in [0, 0.05) is 68.6 Å². The van der Waals surface area contributed by atoms with Crippen LogP contribution in [0.2, 0.25) is 0 Å². The molecule has 0 saturated carbocycles. The van der Waals surface area contributed by atoms with Gasteiger partial charge in [0.1, 0.15) is 17.3 Å². The van der Waals surface area contributed by atoms with E-state index >= 15 is 0 Å². The normalized spacial score (nSPS) is 13.6. The van der Waals surface area contributed by atoms with Crippen LogP contribution in [0.3, 0.4) is 0 Å². The van der Waals surface area contributed by atoms with Crippen molar-refractivity contribution in [2.45, 2.75) is 46.1 Å². The highest BCUT2D eigenvalue weighted by Gasteiger charge is 2.20. The maximum absolute atomic E-state index is 12.8. The summed E-state index contributed by atoms with van der Waals surface area (Å²) in [6.07, 6.45) is 10.3. The molecule has 1 amide bonds. The summed E-state index contributed by atoms with van der Waals surface area (Å²) in [6.45, 7) is 5.29. The first kappa shape index (κ1) is 27.6. The number of carbonyl (C=O) groups is 2. The SMILES string of the molecule is CN/C(C)=C\C(N)=Nc1cc(-c2ccnc(N(C=O)CCc3c(C)cc4n3CCCC4)c2C=O)cn(C)c1=O. The van der Waals surface area contributed by atoms with Crippen LogP contribution < -0.4 is 21.5 Å². The second-order valence-electron chi connectivity index (χ2n) is 9.78. The number of anilines is 1. The Bertz CT molecular complexity index is 1510. The van der Waals surface area contributed by atoms with Gasteiger partial charge in [-0.05, 0) is 68.5 Å². The van der Waals surface area contributed by atoms with Crippen molar-refractivity contribution >= 4 is 30.0 Å². The Morgan fingerprint density at radius 2 is 2.08 bits per heavy atom. The first-order valence-electron chi connectivity index (χ1n) is 13.0. The summed E-state index contributed by atoms with van der Waals surface area (Å²) in [5, 5.41) is 2.96. The average molecular weight is 530 g/mol. The largest absolute Gasteiger partial charge is 0.392 e. The summed E-state index contributed by atoms with van der Waals surface area (Å²) in [5.41, 5.74) is 11.7. The van der Waals surface area contributed by atoms with Crippen LogP contribution in [0.25, 0.3) is 11.1 Å². The van der Waals surface area contributed by atoms with Crippen molar-refractivity contribution in [2.24, 2.45) is 17.8 Å². The zero-order valence-corrected chi connectivity index (χ0v) is 22.9. The fraction of sp³-hybridized carbons (Fsp3) is 0.345. The Labute approximate surface area is 227 Å². The van der Waals surface area contributed by atoms with Crippen LogP contribution in [-0.2, 0) is 31.2 Å². The Morgan fingerprint density at radius 3 is 2.79 bits per heavy atom. The zero-order valence-electron chi connectivity index (χ0n) is 22.9. The Balaban J connectivity index is 1.70. The molecule has 0 unspecified atom stereocenters. The Kier molecular flexibility index (Phi) is 8.43. The van der Waals surface area contributed by atoms with Gasteiger partial charge in [-0.2, -0.15) is 0 Å². The first-order valence-corrected chi connectivity index (χ1v) is 13.0. The molecule has 0 spiro atoms. The summed E-state index contributed by atoms with van der Waals surface area (Å²) >= 11 is 0. The molecule has 0 atom stereocenters. The quantitative estimate of drug-likeness (QED) is 0.236. The number of hydrogen-bond donors (Lipinski definition) is 2. The van der Waals surface area contributed by atoms with Crippen molar-refractivity contribution in [3.8, 4) is 11.1 Å². The van der Waals surface area contributed by atoms with E-state index in [0.717, 1.165) is 25.1 Å². The number of aliphatic imine (C=N–C) groups is 1. The molecule has 3 aromatic rings. The van der Waals surface area contributed by atoms with Crippen molar-refractivity contribution in [1.82, 2.24) is 19.4 Å². The number of nitrogens with two attached hydrogens (primary N) is 1. The molecule has 10 heteroatoms. The number of aldehydes is 1. The lowest BCUT2D eigenvalue weighted by Crippen LogP contribution is -2.27. The van der Waals surface area contributed by atoms with Gasteiger partial charge in [-0.15, -0.1) is 0 Å². The monoisotopic (exact) mass is 529 g/mol. The van der Waals surface area contributed by atoms with E-state index in [2.05, 4.69) is 32.9 Å². The molecular formula is C29H35N7O3. The molecule has 3 aromatic heterocycles. The fourth-order valence-corrected chi connectivity index (χ4v) is 5.07. The van der Waals surface area contributed by atoms with Gasteiger partial charge in [-0.25, -0.2) is 9.98 Å². The van der Waals surface area contributed by atoms with Gasteiger partial charge in [0.25, 0.3) is 5.56 Å². The standard InChI is InChI=1S/C29H35N7O3/c1-19-13-22-7-5-6-11-36(22)26(19)9-12-35(18-38)28-24(17-37)23(8-10-32-28)21-15-25(29(39)34(4)16-21)33-27(30)14-20(2)31-3/h8,10,13-18,31H,5-7,9,11-12H2,1-4H3,(H2,30,33)/b20-14-. The first-order chi connectivity index (χ1) is 18.8. The van der Waals surface area contributed by atoms with E-state index in [1.54, 1.807) is 44.7 Å². The lowest BCUT2D eigenvalue weighted by molar-refractivity contribution is -0.107. The van der Waals surface area contributed by atoms with Gasteiger partial charge in [0.15, 0.2) is 6.29 Å². The van der Waals surface area contributed by atoms with Gasteiger partial charge < -0.3 is 20.2 Å². The second kappa shape index (κ2) is 11.9. The van der Waals surface area contributed by atoms with Crippen LogP contribution in [0, 0.1) is 6.92 Å². The molecule has 10 nitrogen and oxygen atoms in total. The van der Waals surface area contributed by atoms with E-state index in [4.69, 9.17) is 5.73 Å². The van der Waals surface area contributed by atoms with E-state index in [-0.39, 0.29) is 28.5 Å². The molecule has 1 aliphatic rings. The van der Waals surface area contributed by atoms with Crippen LogP contribution in [0.5, 0.6) is 0 Å². The van der Waals surface area contributed by atoms with Crippen LogP contribution in [0.4, 0.5) is 11.5 Å². The number of allylic oxidation sites excluding steroid dienone is 1. The number of pyridine rings is 2. The van der Waals surface area contributed by atoms with Gasteiger partial charge in [0.2, 0.25) is 6.41 Å². The predicted octanol–water partition coefficient (Wildman–Crippen LogP) is 3.02. The highest BCUT2D eigenvalue weighted by Crippen LogP contribution is 2.30. The number of hydrogen-bond acceptors (Lipinski definition) is 6. The molecule has 0 aliphatic carbocycles. The minimum absolute atomic E-state index is 0.128. The number of nitrogens with zero attached hydrogens (tertiary/aromatic N) is 5. The third-order valence-electron chi connectivity index (χ3n) is 7.13. The molecule has 4 rings (SSSR count). The summed E-state index contributed by atoms with van der Waals surface area (Å²) < 4.78 is 3.75. The summed E-state index contributed by atoms with van der Waals surface area (Å²) in [5.74, 6) is 0.434. The average Bonchev–Trinajstić information content (AvgIpc) is 3.25. The maximum atomic E-state index is 12.8. The summed E-state index contributed by atoms with van der Waals surface area (Å²) in [4.78, 5) is 47.5. The van der Waals surface area contributed by atoms with E-state index in [1.807, 2.05) is 6.92 Å².